The summed E-state index contributed by atoms with van der Waals surface area (Å²) in [5, 5.41) is 9.84. The number of likely N-dealkylation sites (tertiary alicyclic amines) is 1. The van der Waals surface area contributed by atoms with Crippen molar-refractivity contribution in [3.63, 3.8) is 0 Å². The van der Waals surface area contributed by atoms with Crippen LogP contribution in [0.5, 0.6) is 0 Å². The highest BCUT2D eigenvalue weighted by atomic mass is 35.5. The molecule has 3 saturated heterocycles. The molecule has 1 N–H and O–H groups in total. The third-order valence-corrected chi connectivity index (χ3v) is 10.8. The molecule has 9 heteroatoms. The third-order valence-electron chi connectivity index (χ3n) is 8.58. The number of thioether (sulfide) groups is 1. The number of esters is 1. The van der Waals surface area contributed by atoms with Crippen LogP contribution in [-0.2, 0) is 19.1 Å². The van der Waals surface area contributed by atoms with Gasteiger partial charge in [0.15, 0.2) is 0 Å². The molecule has 40 heavy (non-hydrogen) atoms. The number of unbranched alkanes of at least 4 members (excludes halogenated alkanes) is 4. The van der Waals surface area contributed by atoms with Gasteiger partial charge in [0, 0.05) is 35.2 Å². The number of carbonyl (C=O) groups is 3. The Morgan fingerprint density at radius 3 is 2.58 bits per heavy atom. The predicted molar refractivity (Wildman–Crippen MR) is 160 cm³/mol. The fourth-order valence-electron chi connectivity index (χ4n) is 6.75. The van der Waals surface area contributed by atoms with E-state index < -0.39 is 27.4 Å². The SMILES string of the molecule is C=CCCCCOC(=O)[C@@H]1[C@H]2C(=O)N(CCCCCO)C(C(=O)N(CC=C)c3ccc(Cl)cc3)C23CC[C@@]1(C)S3. The van der Waals surface area contributed by atoms with Crippen LogP contribution in [0, 0.1) is 11.8 Å². The molecule has 4 rings (SSSR count). The van der Waals surface area contributed by atoms with E-state index in [1.807, 2.05) is 6.08 Å². The lowest BCUT2D eigenvalue weighted by Crippen LogP contribution is -2.55. The summed E-state index contributed by atoms with van der Waals surface area (Å²) in [6.07, 6.45) is 9.49. The van der Waals surface area contributed by atoms with E-state index >= 15 is 0 Å². The number of anilines is 1. The minimum absolute atomic E-state index is 0.0848. The normalized spacial score (nSPS) is 28.4. The molecular weight excluding hydrogens is 548 g/mol. The second-order valence-electron chi connectivity index (χ2n) is 11.2. The fraction of sp³-hybridized carbons (Fsp3) is 0.581. The van der Waals surface area contributed by atoms with Crippen LogP contribution in [0.1, 0.15) is 58.3 Å². The molecule has 1 aromatic carbocycles. The number of halogens is 1. The minimum atomic E-state index is -0.716. The fourth-order valence-corrected chi connectivity index (χ4v) is 9.21. The van der Waals surface area contributed by atoms with Gasteiger partial charge in [-0.3, -0.25) is 14.4 Å². The maximum absolute atomic E-state index is 14.5. The maximum atomic E-state index is 14.5. The Kier molecular flexibility index (Phi) is 10.1. The number of amides is 2. The molecule has 7 nitrogen and oxygen atoms in total. The Bertz CT molecular complexity index is 1110. The van der Waals surface area contributed by atoms with Gasteiger partial charge in [-0.25, -0.2) is 0 Å². The molecule has 3 fully saturated rings. The van der Waals surface area contributed by atoms with Crippen LogP contribution in [0.2, 0.25) is 5.02 Å². The number of hydrogen-bond donors (Lipinski definition) is 1. The van der Waals surface area contributed by atoms with Crippen LogP contribution in [0.3, 0.4) is 0 Å². The van der Waals surface area contributed by atoms with Crippen molar-refractivity contribution in [1.82, 2.24) is 4.90 Å². The first-order chi connectivity index (χ1) is 19.2. The number of allylic oxidation sites excluding steroid dienone is 1. The number of ether oxygens (including phenoxy) is 1. The van der Waals surface area contributed by atoms with E-state index in [2.05, 4.69) is 20.1 Å². The molecular formula is C31H41ClN2O5S. The molecule has 1 aromatic rings. The molecule has 1 spiro atoms. The standard InChI is InChI=1S/C31H41ClN2O5S/c1-4-6-7-11-21-39-29(38)25-24-27(36)34(19-9-8-10-20-35)26(31(24)17-16-30(25,3)40-31)28(37)33(18-5-2)23-14-12-22(32)13-15-23/h4-5,12-15,24-26,35H,1-2,6-11,16-21H2,3H3/t24-,25-,26?,30+,31?/m0/s1. The Morgan fingerprint density at radius 1 is 1.15 bits per heavy atom. The van der Waals surface area contributed by atoms with Gasteiger partial charge in [-0.05, 0) is 82.6 Å². The number of aliphatic hydroxyl groups excluding tert-OH is 1. The lowest BCUT2D eigenvalue weighted by Gasteiger charge is -2.37. The summed E-state index contributed by atoms with van der Waals surface area (Å²) in [6.45, 7) is 10.7. The van der Waals surface area contributed by atoms with Crippen molar-refractivity contribution in [1.29, 1.82) is 0 Å². The predicted octanol–water partition coefficient (Wildman–Crippen LogP) is 5.40. The highest BCUT2D eigenvalue weighted by Gasteiger charge is 2.77. The van der Waals surface area contributed by atoms with Crippen molar-refractivity contribution in [3.05, 3.63) is 54.6 Å². The summed E-state index contributed by atoms with van der Waals surface area (Å²) in [7, 11) is 0. The highest BCUT2D eigenvalue weighted by molar-refractivity contribution is 8.02. The average molecular weight is 589 g/mol. The summed E-state index contributed by atoms with van der Waals surface area (Å²) < 4.78 is 4.57. The number of nitrogens with zero attached hydrogens (tertiary/aromatic N) is 2. The second kappa shape index (κ2) is 13.1. The van der Waals surface area contributed by atoms with E-state index in [0.717, 1.165) is 32.1 Å². The minimum Gasteiger partial charge on any atom is -0.465 e. The van der Waals surface area contributed by atoms with Crippen molar-refractivity contribution < 1.29 is 24.2 Å². The molecule has 0 saturated carbocycles. The van der Waals surface area contributed by atoms with Gasteiger partial charge >= 0.3 is 5.97 Å². The lowest BCUT2D eigenvalue weighted by atomic mass is 9.66. The van der Waals surface area contributed by atoms with Gasteiger partial charge in [0.25, 0.3) is 5.91 Å². The smallest absolute Gasteiger partial charge is 0.311 e. The average Bonchev–Trinajstić information content (AvgIpc) is 3.50. The molecule has 0 aromatic heterocycles. The Morgan fingerprint density at radius 2 is 1.90 bits per heavy atom. The third kappa shape index (κ3) is 5.72. The second-order valence-corrected chi connectivity index (χ2v) is 13.5. The lowest BCUT2D eigenvalue weighted by molar-refractivity contribution is -0.155. The Balaban J connectivity index is 1.67. The maximum Gasteiger partial charge on any atom is 0.311 e. The van der Waals surface area contributed by atoms with Crippen molar-refractivity contribution >= 4 is 46.8 Å². The van der Waals surface area contributed by atoms with Crippen LogP contribution in [0.15, 0.2) is 49.6 Å². The van der Waals surface area contributed by atoms with E-state index in [4.69, 9.17) is 16.3 Å². The van der Waals surface area contributed by atoms with Gasteiger partial charge in [0.05, 0.1) is 23.2 Å². The zero-order chi connectivity index (χ0) is 28.9. The van der Waals surface area contributed by atoms with Crippen LogP contribution < -0.4 is 4.90 Å². The molecule has 2 amide bonds. The molecule has 2 unspecified atom stereocenters. The molecule has 0 aliphatic carbocycles. The van der Waals surface area contributed by atoms with Crippen molar-refractivity contribution in [2.45, 2.75) is 73.8 Å². The molecule has 3 heterocycles. The van der Waals surface area contributed by atoms with Gasteiger partial charge < -0.3 is 19.6 Å². The molecule has 5 atom stereocenters. The van der Waals surface area contributed by atoms with Crippen molar-refractivity contribution in [2.24, 2.45) is 11.8 Å². The van der Waals surface area contributed by atoms with Crippen LogP contribution in [0.4, 0.5) is 5.69 Å². The van der Waals surface area contributed by atoms with Crippen LogP contribution in [0.25, 0.3) is 0 Å². The van der Waals surface area contributed by atoms with E-state index in [0.29, 0.717) is 43.1 Å². The first kappa shape index (κ1) is 30.7. The first-order valence-corrected chi connectivity index (χ1v) is 15.5. The summed E-state index contributed by atoms with van der Waals surface area (Å²) in [4.78, 5) is 45.7. The molecule has 0 radical (unpaired) electrons. The monoisotopic (exact) mass is 588 g/mol. The number of rotatable bonds is 15. The molecule has 3 aliphatic heterocycles. The quantitative estimate of drug-likeness (QED) is 0.168. The number of hydrogen-bond acceptors (Lipinski definition) is 6. The van der Waals surface area contributed by atoms with Crippen molar-refractivity contribution in [2.75, 3.05) is 31.2 Å². The van der Waals surface area contributed by atoms with E-state index in [1.54, 1.807) is 51.9 Å². The highest BCUT2D eigenvalue weighted by Crippen LogP contribution is 2.71. The van der Waals surface area contributed by atoms with Crippen LogP contribution >= 0.6 is 23.4 Å². The van der Waals surface area contributed by atoms with Gasteiger partial charge in [-0.15, -0.1) is 24.9 Å². The topological polar surface area (TPSA) is 87.1 Å². The van der Waals surface area contributed by atoms with Crippen LogP contribution in [-0.4, -0.2) is 69.6 Å². The molecule has 218 valence electrons. The van der Waals surface area contributed by atoms with Gasteiger partial charge in [0.1, 0.15) is 6.04 Å². The van der Waals surface area contributed by atoms with E-state index in [-0.39, 0.29) is 30.9 Å². The van der Waals surface area contributed by atoms with Gasteiger partial charge in [-0.2, -0.15) is 0 Å². The summed E-state index contributed by atoms with van der Waals surface area (Å²) in [5.41, 5.74) is 0.682. The molecule has 3 aliphatic rings. The summed E-state index contributed by atoms with van der Waals surface area (Å²) in [6, 6.07) is 6.37. The van der Waals surface area contributed by atoms with Gasteiger partial charge in [-0.1, -0.05) is 23.8 Å². The number of carbonyl (C=O) groups excluding carboxylic acids is 3. The number of benzene rings is 1. The number of fused-ring (bicyclic) bond motifs is 1. The van der Waals surface area contributed by atoms with E-state index in [1.165, 1.54) is 0 Å². The van der Waals surface area contributed by atoms with E-state index in [9.17, 15) is 19.5 Å². The zero-order valence-electron chi connectivity index (χ0n) is 23.4. The Hall–Kier alpha value is -2.29. The zero-order valence-corrected chi connectivity index (χ0v) is 24.9. The molecule has 2 bridgehead atoms. The summed E-state index contributed by atoms with van der Waals surface area (Å²) >= 11 is 7.77. The first-order valence-electron chi connectivity index (χ1n) is 14.3. The summed E-state index contributed by atoms with van der Waals surface area (Å²) in [5.74, 6) is -1.85. The Labute approximate surface area is 246 Å². The van der Waals surface area contributed by atoms with Gasteiger partial charge in [0.2, 0.25) is 5.91 Å². The largest absolute Gasteiger partial charge is 0.465 e. The number of aliphatic hydroxyl groups is 1. The van der Waals surface area contributed by atoms with Crippen molar-refractivity contribution in [3.8, 4) is 0 Å².